The molecule has 0 amide bonds. The van der Waals surface area contributed by atoms with Gasteiger partial charge in [0.25, 0.3) is 0 Å². The van der Waals surface area contributed by atoms with E-state index < -0.39 is 5.97 Å². The minimum Gasteiger partial charge on any atom is -0.480 e. The molecule has 3 rings (SSSR count). The molecule has 0 radical (unpaired) electrons. The number of nitrogens with zero attached hydrogens (tertiary/aromatic N) is 2. The third kappa shape index (κ3) is 3.11. The number of aliphatic carboxylic acids is 1. The maximum atomic E-state index is 11.7. The first-order chi connectivity index (χ1) is 10.1. The minimum absolute atomic E-state index is 0.367. The van der Waals surface area contributed by atoms with E-state index in [1.807, 2.05) is 6.07 Å². The summed E-state index contributed by atoms with van der Waals surface area (Å²) in [4.78, 5) is 16.3. The van der Waals surface area contributed by atoms with Gasteiger partial charge in [0.1, 0.15) is 6.04 Å². The monoisotopic (exact) mass is 288 g/mol. The summed E-state index contributed by atoms with van der Waals surface area (Å²) < 4.78 is 0. The first kappa shape index (κ1) is 14.5. The molecule has 1 aromatic carbocycles. The molecule has 2 aliphatic heterocycles. The Labute approximate surface area is 126 Å². The molecule has 0 aromatic heterocycles. The molecule has 2 heterocycles. The molecule has 1 fully saturated rings. The predicted octanol–water partition coefficient (Wildman–Crippen LogP) is 1.98. The molecule has 0 spiro atoms. The zero-order valence-electron chi connectivity index (χ0n) is 12.7. The van der Waals surface area contributed by atoms with E-state index in [1.165, 1.54) is 11.1 Å². The van der Waals surface area contributed by atoms with Gasteiger partial charge in [0.2, 0.25) is 0 Å². The zero-order valence-corrected chi connectivity index (χ0v) is 12.7. The van der Waals surface area contributed by atoms with Gasteiger partial charge >= 0.3 is 5.97 Å². The molecule has 4 nitrogen and oxygen atoms in total. The van der Waals surface area contributed by atoms with Gasteiger partial charge in [-0.15, -0.1) is 0 Å². The highest BCUT2D eigenvalue weighted by Gasteiger charge is 2.35. The van der Waals surface area contributed by atoms with Crippen molar-refractivity contribution < 1.29 is 9.90 Å². The van der Waals surface area contributed by atoms with E-state index in [0.717, 1.165) is 38.9 Å². The average molecular weight is 288 g/mol. The van der Waals surface area contributed by atoms with Crippen molar-refractivity contribution in [2.75, 3.05) is 20.1 Å². The van der Waals surface area contributed by atoms with Crippen LogP contribution in [0.4, 0.5) is 0 Å². The molecule has 0 saturated carbocycles. The molecule has 1 saturated heterocycles. The summed E-state index contributed by atoms with van der Waals surface area (Å²) in [6.07, 6.45) is 3.97. The van der Waals surface area contributed by atoms with Crippen molar-refractivity contribution in [1.29, 1.82) is 0 Å². The van der Waals surface area contributed by atoms with Crippen molar-refractivity contribution in [2.24, 2.45) is 0 Å². The Hall–Kier alpha value is -1.39. The van der Waals surface area contributed by atoms with Crippen LogP contribution in [0.15, 0.2) is 24.3 Å². The van der Waals surface area contributed by atoms with Crippen LogP contribution in [-0.2, 0) is 17.8 Å². The van der Waals surface area contributed by atoms with E-state index in [-0.39, 0.29) is 6.04 Å². The van der Waals surface area contributed by atoms with Crippen LogP contribution in [0.5, 0.6) is 0 Å². The average Bonchev–Trinajstić information content (AvgIpc) is 2.70. The number of benzene rings is 1. The Morgan fingerprint density at radius 1 is 1.19 bits per heavy atom. The summed E-state index contributed by atoms with van der Waals surface area (Å²) in [5.74, 6) is -0.679. The lowest BCUT2D eigenvalue weighted by molar-refractivity contribution is -0.145. The third-order valence-electron chi connectivity index (χ3n) is 4.96. The number of likely N-dealkylation sites (tertiary alicyclic amines) is 1. The van der Waals surface area contributed by atoms with Crippen LogP contribution in [0.3, 0.4) is 0 Å². The minimum atomic E-state index is -0.679. The van der Waals surface area contributed by atoms with Crippen LogP contribution >= 0.6 is 0 Å². The molecule has 1 aromatic rings. The number of hydrogen-bond donors (Lipinski definition) is 1. The SMILES string of the molecule is CN1CCCC(N2Cc3ccccc3CC2C(=O)O)CC1. The Morgan fingerprint density at radius 2 is 1.95 bits per heavy atom. The van der Waals surface area contributed by atoms with Crippen LogP contribution in [0.1, 0.15) is 30.4 Å². The Kier molecular flexibility index (Phi) is 4.27. The van der Waals surface area contributed by atoms with E-state index in [9.17, 15) is 9.90 Å². The normalized spacial score (nSPS) is 27.9. The van der Waals surface area contributed by atoms with Gasteiger partial charge in [-0.1, -0.05) is 24.3 Å². The molecule has 114 valence electrons. The third-order valence-corrected chi connectivity index (χ3v) is 4.96. The maximum Gasteiger partial charge on any atom is 0.321 e. The number of carboxylic acid groups (broad SMARTS) is 1. The first-order valence-corrected chi connectivity index (χ1v) is 7.89. The first-order valence-electron chi connectivity index (χ1n) is 7.89. The molecule has 0 aliphatic carbocycles. The lowest BCUT2D eigenvalue weighted by Gasteiger charge is -2.39. The topological polar surface area (TPSA) is 43.8 Å². The van der Waals surface area contributed by atoms with E-state index >= 15 is 0 Å². The van der Waals surface area contributed by atoms with Gasteiger partial charge in [-0.2, -0.15) is 0 Å². The fourth-order valence-corrected chi connectivity index (χ4v) is 3.71. The highest BCUT2D eigenvalue weighted by atomic mass is 16.4. The molecule has 2 atom stereocenters. The number of fused-ring (bicyclic) bond motifs is 1. The molecular weight excluding hydrogens is 264 g/mol. The fraction of sp³-hybridized carbons (Fsp3) is 0.588. The van der Waals surface area contributed by atoms with Crippen molar-refractivity contribution in [2.45, 2.75) is 44.3 Å². The van der Waals surface area contributed by atoms with Crippen molar-refractivity contribution >= 4 is 5.97 Å². The van der Waals surface area contributed by atoms with E-state index in [1.54, 1.807) is 0 Å². The molecule has 1 N–H and O–H groups in total. The highest BCUT2D eigenvalue weighted by molar-refractivity contribution is 5.74. The highest BCUT2D eigenvalue weighted by Crippen LogP contribution is 2.28. The van der Waals surface area contributed by atoms with E-state index in [0.29, 0.717) is 12.5 Å². The van der Waals surface area contributed by atoms with Crippen LogP contribution in [0, 0.1) is 0 Å². The van der Waals surface area contributed by atoms with Gasteiger partial charge < -0.3 is 10.0 Å². The molecule has 2 aliphatic rings. The zero-order chi connectivity index (χ0) is 14.8. The lowest BCUT2D eigenvalue weighted by atomic mass is 9.91. The van der Waals surface area contributed by atoms with Crippen molar-refractivity contribution in [3.63, 3.8) is 0 Å². The molecule has 4 heteroatoms. The van der Waals surface area contributed by atoms with Gasteiger partial charge in [0.15, 0.2) is 0 Å². The van der Waals surface area contributed by atoms with Crippen LogP contribution in [-0.4, -0.2) is 53.1 Å². The van der Waals surface area contributed by atoms with Crippen molar-refractivity contribution in [3.05, 3.63) is 35.4 Å². The summed E-state index contributed by atoms with van der Waals surface area (Å²) in [5, 5.41) is 9.64. The van der Waals surface area contributed by atoms with Crippen LogP contribution in [0.2, 0.25) is 0 Å². The second-order valence-electron chi connectivity index (χ2n) is 6.39. The second-order valence-corrected chi connectivity index (χ2v) is 6.39. The van der Waals surface area contributed by atoms with Crippen molar-refractivity contribution in [1.82, 2.24) is 9.80 Å². The van der Waals surface area contributed by atoms with Gasteiger partial charge in [0.05, 0.1) is 0 Å². The number of hydrogen-bond acceptors (Lipinski definition) is 3. The predicted molar refractivity (Wildman–Crippen MR) is 82.2 cm³/mol. The molecule has 0 bridgehead atoms. The fourth-order valence-electron chi connectivity index (χ4n) is 3.71. The van der Waals surface area contributed by atoms with Gasteiger partial charge in [-0.25, -0.2) is 0 Å². The smallest absolute Gasteiger partial charge is 0.321 e. The standard InChI is InChI=1S/C17H24N2O2/c1-18-9-4-7-15(8-10-18)19-12-14-6-3-2-5-13(14)11-16(19)17(20)21/h2-3,5-6,15-16H,4,7-12H2,1H3,(H,20,21). The number of carboxylic acids is 1. The summed E-state index contributed by atoms with van der Waals surface area (Å²) in [5.41, 5.74) is 2.50. The maximum absolute atomic E-state index is 11.7. The number of carbonyl (C=O) groups is 1. The van der Waals surface area contributed by atoms with Crippen LogP contribution in [0.25, 0.3) is 0 Å². The summed E-state index contributed by atoms with van der Waals surface area (Å²) >= 11 is 0. The van der Waals surface area contributed by atoms with E-state index in [2.05, 4.69) is 35.0 Å². The Bertz CT molecular complexity index is 517. The largest absolute Gasteiger partial charge is 0.480 e. The lowest BCUT2D eigenvalue weighted by Crippen LogP contribution is -2.50. The van der Waals surface area contributed by atoms with Gasteiger partial charge in [-0.05, 0) is 56.9 Å². The summed E-state index contributed by atoms with van der Waals surface area (Å²) in [7, 11) is 2.16. The Morgan fingerprint density at radius 3 is 2.71 bits per heavy atom. The van der Waals surface area contributed by atoms with Gasteiger partial charge in [-0.3, -0.25) is 9.69 Å². The molecule has 21 heavy (non-hydrogen) atoms. The quantitative estimate of drug-likeness (QED) is 0.904. The molecule has 2 unspecified atom stereocenters. The van der Waals surface area contributed by atoms with Crippen molar-refractivity contribution in [3.8, 4) is 0 Å². The molecular formula is C17H24N2O2. The Balaban J connectivity index is 1.83. The van der Waals surface area contributed by atoms with Gasteiger partial charge in [0, 0.05) is 12.6 Å². The summed E-state index contributed by atoms with van der Waals surface area (Å²) in [6.45, 7) is 2.97. The van der Waals surface area contributed by atoms with Crippen LogP contribution < -0.4 is 0 Å². The van der Waals surface area contributed by atoms with E-state index in [4.69, 9.17) is 0 Å². The second kappa shape index (κ2) is 6.16. The summed E-state index contributed by atoms with van der Waals surface area (Å²) in [6, 6.07) is 8.30. The number of rotatable bonds is 2.